The fraction of sp³-hybridized carbons (Fsp3) is 0.818. The number of hydrogen-bond donors (Lipinski definition) is 1. The smallest absolute Gasteiger partial charge is 0.146 e. The topological polar surface area (TPSA) is 54.2 Å². The van der Waals surface area contributed by atoms with Crippen LogP contribution in [0.25, 0.3) is 0 Å². The third-order valence-electron chi connectivity index (χ3n) is 2.61. The first-order valence-electron chi connectivity index (χ1n) is 5.63. The minimum Gasteiger partial charge on any atom is -0.389 e. The molecule has 1 heterocycles. The number of hydrogen-bond acceptors (Lipinski definition) is 4. The Morgan fingerprint density at radius 2 is 2.00 bits per heavy atom. The van der Waals surface area contributed by atoms with Crippen LogP contribution in [0.2, 0.25) is 0 Å². The van der Waals surface area contributed by atoms with Gasteiger partial charge in [0.05, 0.1) is 12.1 Å². The lowest BCUT2D eigenvalue weighted by Gasteiger charge is -2.27. The van der Waals surface area contributed by atoms with Crippen LogP contribution in [0.15, 0.2) is 0 Å². The third-order valence-corrected chi connectivity index (χ3v) is 2.61. The van der Waals surface area contributed by atoms with E-state index in [1.165, 1.54) is 0 Å². The molecule has 1 rings (SSSR count). The van der Waals surface area contributed by atoms with Crippen LogP contribution in [-0.4, -0.2) is 43.5 Å². The maximum atomic E-state index is 9.79. The molecule has 5 nitrogen and oxygen atoms in total. The lowest BCUT2D eigenvalue weighted by atomic mass is 10.1. The van der Waals surface area contributed by atoms with Gasteiger partial charge in [0.1, 0.15) is 11.6 Å². The Morgan fingerprint density at radius 1 is 1.38 bits per heavy atom. The van der Waals surface area contributed by atoms with Crippen molar-refractivity contribution in [1.82, 2.24) is 19.7 Å². The molecule has 0 atom stereocenters. The first-order chi connectivity index (χ1) is 7.33. The minimum atomic E-state index is -0.677. The average molecular weight is 226 g/mol. The summed E-state index contributed by atoms with van der Waals surface area (Å²) in [6, 6.07) is 0. The largest absolute Gasteiger partial charge is 0.389 e. The van der Waals surface area contributed by atoms with Gasteiger partial charge in [-0.2, -0.15) is 0 Å². The van der Waals surface area contributed by atoms with E-state index in [9.17, 15) is 5.11 Å². The molecule has 0 spiro atoms. The molecule has 1 aromatic heterocycles. The van der Waals surface area contributed by atoms with Crippen molar-refractivity contribution in [2.75, 3.05) is 13.1 Å². The van der Waals surface area contributed by atoms with Crippen LogP contribution in [0.1, 0.15) is 32.4 Å². The maximum Gasteiger partial charge on any atom is 0.146 e. The lowest BCUT2D eigenvalue weighted by molar-refractivity contribution is 0.0342. The van der Waals surface area contributed by atoms with Gasteiger partial charge in [0.25, 0.3) is 0 Å². The van der Waals surface area contributed by atoms with Gasteiger partial charge in [0, 0.05) is 13.6 Å². The van der Waals surface area contributed by atoms with Crippen LogP contribution in [0, 0.1) is 6.92 Å². The van der Waals surface area contributed by atoms with Crippen LogP contribution >= 0.6 is 0 Å². The van der Waals surface area contributed by atoms with Crippen molar-refractivity contribution in [3.05, 3.63) is 11.6 Å². The van der Waals surface area contributed by atoms with E-state index in [1.807, 2.05) is 32.4 Å². The van der Waals surface area contributed by atoms with E-state index in [4.69, 9.17) is 0 Å². The molecule has 0 amide bonds. The predicted molar refractivity (Wildman–Crippen MR) is 63.0 cm³/mol. The highest BCUT2D eigenvalue weighted by Crippen LogP contribution is 2.08. The van der Waals surface area contributed by atoms with Crippen molar-refractivity contribution >= 4 is 0 Å². The Bertz CT molecular complexity index is 340. The van der Waals surface area contributed by atoms with Crippen molar-refractivity contribution in [2.24, 2.45) is 7.05 Å². The quantitative estimate of drug-likeness (QED) is 0.803. The fourth-order valence-electron chi connectivity index (χ4n) is 1.62. The van der Waals surface area contributed by atoms with Crippen LogP contribution in [0.5, 0.6) is 0 Å². The van der Waals surface area contributed by atoms with Crippen molar-refractivity contribution in [3.63, 3.8) is 0 Å². The molecular formula is C11H22N4O. The number of aliphatic hydroxyl groups is 1. The molecule has 0 aromatic carbocycles. The van der Waals surface area contributed by atoms with E-state index in [0.717, 1.165) is 24.7 Å². The molecule has 0 radical (unpaired) electrons. The maximum absolute atomic E-state index is 9.79. The molecule has 1 aromatic rings. The second kappa shape index (κ2) is 4.93. The van der Waals surface area contributed by atoms with Crippen molar-refractivity contribution in [2.45, 2.75) is 39.8 Å². The molecule has 0 saturated carbocycles. The van der Waals surface area contributed by atoms with Gasteiger partial charge in [-0.15, -0.1) is 10.2 Å². The van der Waals surface area contributed by atoms with E-state index in [-0.39, 0.29) is 0 Å². The standard InChI is InChI=1S/C11H22N4O/c1-6-15(8-11(3,4)16)7-10-13-12-9(2)14(10)5/h16H,6-8H2,1-5H3. The second-order valence-corrected chi connectivity index (χ2v) is 4.84. The molecule has 5 heteroatoms. The number of aromatic nitrogens is 3. The van der Waals surface area contributed by atoms with Gasteiger partial charge >= 0.3 is 0 Å². The zero-order valence-electron chi connectivity index (χ0n) is 10.9. The Hall–Kier alpha value is -0.940. The molecule has 0 aliphatic rings. The fourth-order valence-corrected chi connectivity index (χ4v) is 1.62. The molecule has 0 fully saturated rings. The Kier molecular flexibility index (Phi) is 4.04. The molecule has 0 saturated heterocycles. The number of nitrogens with zero attached hydrogens (tertiary/aromatic N) is 4. The Balaban J connectivity index is 2.67. The van der Waals surface area contributed by atoms with E-state index in [0.29, 0.717) is 6.54 Å². The number of aryl methyl sites for hydroxylation is 1. The minimum absolute atomic E-state index is 0.634. The summed E-state index contributed by atoms with van der Waals surface area (Å²) in [5, 5.41) is 17.9. The van der Waals surface area contributed by atoms with Gasteiger partial charge in [-0.3, -0.25) is 4.90 Å². The highest BCUT2D eigenvalue weighted by Gasteiger charge is 2.18. The van der Waals surface area contributed by atoms with Gasteiger partial charge in [0.15, 0.2) is 0 Å². The van der Waals surface area contributed by atoms with E-state index in [2.05, 4.69) is 22.0 Å². The van der Waals surface area contributed by atoms with Crippen molar-refractivity contribution < 1.29 is 5.11 Å². The molecule has 0 aliphatic carbocycles. The van der Waals surface area contributed by atoms with E-state index >= 15 is 0 Å². The lowest BCUT2D eigenvalue weighted by Crippen LogP contribution is -2.38. The van der Waals surface area contributed by atoms with Crippen LogP contribution in [0.4, 0.5) is 0 Å². The summed E-state index contributed by atoms with van der Waals surface area (Å²) in [7, 11) is 1.96. The van der Waals surface area contributed by atoms with Gasteiger partial charge in [-0.25, -0.2) is 0 Å². The zero-order chi connectivity index (χ0) is 12.3. The third kappa shape index (κ3) is 3.57. The summed E-state index contributed by atoms with van der Waals surface area (Å²) in [6.45, 7) is 9.88. The summed E-state index contributed by atoms with van der Waals surface area (Å²) >= 11 is 0. The van der Waals surface area contributed by atoms with E-state index < -0.39 is 5.60 Å². The van der Waals surface area contributed by atoms with Crippen LogP contribution < -0.4 is 0 Å². The molecule has 0 bridgehead atoms. The molecule has 92 valence electrons. The van der Waals surface area contributed by atoms with Crippen LogP contribution in [-0.2, 0) is 13.6 Å². The highest BCUT2D eigenvalue weighted by atomic mass is 16.3. The Morgan fingerprint density at radius 3 is 2.38 bits per heavy atom. The normalized spacial score (nSPS) is 12.4. The predicted octanol–water partition coefficient (Wildman–Crippen LogP) is 0.716. The molecule has 0 unspecified atom stereocenters. The summed E-state index contributed by atoms with van der Waals surface area (Å²) in [5.41, 5.74) is -0.677. The van der Waals surface area contributed by atoms with Crippen molar-refractivity contribution in [3.8, 4) is 0 Å². The van der Waals surface area contributed by atoms with E-state index in [1.54, 1.807) is 0 Å². The Labute approximate surface area is 97.1 Å². The van der Waals surface area contributed by atoms with Gasteiger partial charge < -0.3 is 9.67 Å². The number of rotatable bonds is 5. The first-order valence-corrected chi connectivity index (χ1v) is 5.63. The average Bonchev–Trinajstić information content (AvgIpc) is 2.46. The van der Waals surface area contributed by atoms with Gasteiger partial charge in [-0.1, -0.05) is 6.92 Å². The zero-order valence-corrected chi connectivity index (χ0v) is 10.9. The van der Waals surface area contributed by atoms with Gasteiger partial charge in [-0.05, 0) is 27.3 Å². The summed E-state index contributed by atoms with van der Waals surface area (Å²) < 4.78 is 1.98. The second-order valence-electron chi connectivity index (χ2n) is 4.84. The first kappa shape index (κ1) is 13.1. The molecular weight excluding hydrogens is 204 g/mol. The SMILES string of the molecule is CCN(Cc1nnc(C)n1C)CC(C)(C)O. The summed E-state index contributed by atoms with van der Waals surface area (Å²) in [4.78, 5) is 2.16. The van der Waals surface area contributed by atoms with Gasteiger partial charge in [0.2, 0.25) is 0 Å². The van der Waals surface area contributed by atoms with Crippen LogP contribution in [0.3, 0.4) is 0 Å². The summed E-state index contributed by atoms with van der Waals surface area (Å²) in [5.74, 6) is 1.85. The summed E-state index contributed by atoms with van der Waals surface area (Å²) in [6.07, 6.45) is 0. The molecule has 0 aliphatic heterocycles. The highest BCUT2D eigenvalue weighted by molar-refractivity contribution is 4.92. The monoisotopic (exact) mass is 226 g/mol. The number of likely N-dealkylation sites (N-methyl/N-ethyl adjacent to an activating group) is 1. The molecule has 1 N–H and O–H groups in total. The van der Waals surface area contributed by atoms with Crippen molar-refractivity contribution in [1.29, 1.82) is 0 Å². The molecule has 16 heavy (non-hydrogen) atoms.